The predicted molar refractivity (Wildman–Crippen MR) is 71.5 cm³/mol. The lowest BCUT2D eigenvalue weighted by Crippen LogP contribution is -2.26. The zero-order valence-corrected chi connectivity index (χ0v) is 11.0. The second kappa shape index (κ2) is 5.80. The zero-order valence-electron chi connectivity index (χ0n) is 10.2. The van der Waals surface area contributed by atoms with Crippen molar-refractivity contribution in [1.82, 2.24) is 10.3 Å². The first-order chi connectivity index (χ1) is 9.06. The van der Waals surface area contributed by atoms with Crippen LogP contribution in [0.1, 0.15) is 28.9 Å². The first-order valence-electron chi connectivity index (χ1n) is 5.74. The Morgan fingerprint density at radius 1 is 1.26 bits per heavy atom. The molecule has 5 heteroatoms. The number of carbonyl (C=O) groups excluding carboxylic acids is 1. The second-order valence-electron chi connectivity index (χ2n) is 4.12. The van der Waals surface area contributed by atoms with Crippen LogP contribution >= 0.6 is 11.6 Å². The SMILES string of the molecule is CC(NC(=O)c1ccc(Cl)nc1)c1ccc(F)cc1. The van der Waals surface area contributed by atoms with E-state index in [1.54, 1.807) is 24.3 Å². The number of nitrogens with zero attached hydrogens (tertiary/aromatic N) is 1. The van der Waals surface area contributed by atoms with Gasteiger partial charge in [-0.1, -0.05) is 23.7 Å². The topological polar surface area (TPSA) is 42.0 Å². The van der Waals surface area contributed by atoms with Crippen LogP contribution in [0.5, 0.6) is 0 Å². The van der Waals surface area contributed by atoms with E-state index in [9.17, 15) is 9.18 Å². The van der Waals surface area contributed by atoms with Gasteiger partial charge in [-0.05, 0) is 36.8 Å². The van der Waals surface area contributed by atoms with E-state index >= 15 is 0 Å². The molecule has 2 rings (SSSR count). The summed E-state index contributed by atoms with van der Waals surface area (Å²) >= 11 is 5.65. The van der Waals surface area contributed by atoms with E-state index in [1.807, 2.05) is 6.92 Å². The Morgan fingerprint density at radius 3 is 2.53 bits per heavy atom. The molecule has 0 fully saturated rings. The highest BCUT2D eigenvalue weighted by Gasteiger charge is 2.11. The number of nitrogens with one attached hydrogen (secondary N) is 1. The Labute approximate surface area is 115 Å². The summed E-state index contributed by atoms with van der Waals surface area (Å²) < 4.78 is 12.8. The van der Waals surface area contributed by atoms with Gasteiger partial charge >= 0.3 is 0 Å². The Kier molecular flexibility index (Phi) is 4.12. The van der Waals surface area contributed by atoms with Crippen molar-refractivity contribution in [2.75, 3.05) is 0 Å². The summed E-state index contributed by atoms with van der Waals surface area (Å²) in [6.07, 6.45) is 1.41. The van der Waals surface area contributed by atoms with Gasteiger partial charge in [0, 0.05) is 6.20 Å². The quantitative estimate of drug-likeness (QED) is 0.875. The van der Waals surface area contributed by atoms with Crippen LogP contribution in [0.15, 0.2) is 42.6 Å². The van der Waals surface area contributed by atoms with Gasteiger partial charge in [-0.15, -0.1) is 0 Å². The lowest BCUT2D eigenvalue weighted by Gasteiger charge is -2.14. The molecule has 98 valence electrons. The average Bonchev–Trinajstić information content (AvgIpc) is 2.40. The molecule has 2 aromatic rings. The van der Waals surface area contributed by atoms with Crippen molar-refractivity contribution in [3.05, 3.63) is 64.7 Å². The molecule has 1 amide bonds. The number of pyridine rings is 1. The van der Waals surface area contributed by atoms with Crippen LogP contribution in [0.2, 0.25) is 5.15 Å². The van der Waals surface area contributed by atoms with Crippen LogP contribution in [0, 0.1) is 5.82 Å². The van der Waals surface area contributed by atoms with Gasteiger partial charge in [0.1, 0.15) is 11.0 Å². The van der Waals surface area contributed by atoms with Gasteiger partial charge in [0.15, 0.2) is 0 Å². The van der Waals surface area contributed by atoms with Crippen molar-refractivity contribution in [3.8, 4) is 0 Å². The van der Waals surface area contributed by atoms with Crippen molar-refractivity contribution in [3.63, 3.8) is 0 Å². The highest BCUT2D eigenvalue weighted by atomic mass is 35.5. The molecule has 1 aromatic heterocycles. The fourth-order valence-corrected chi connectivity index (χ4v) is 1.74. The summed E-state index contributed by atoms with van der Waals surface area (Å²) in [4.78, 5) is 15.8. The Morgan fingerprint density at radius 2 is 1.95 bits per heavy atom. The first kappa shape index (κ1) is 13.5. The third-order valence-electron chi connectivity index (χ3n) is 2.71. The molecule has 0 aliphatic rings. The summed E-state index contributed by atoms with van der Waals surface area (Å²) in [5, 5.41) is 3.14. The van der Waals surface area contributed by atoms with E-state index in [-0.39, 0.29) is 17.8 Å². The normalized spacial score (nSPS) is 11.9. The zero-order chi connectivity index (χ0) is 13.8. The van der Waals surface area contributed by atoms with Gasteiger partial charge < -0.3 is 5.32 Å². The van der Waals surface area contributed by atoms with Crippen molar-refractivity contribution >= 4 is 17.5 Å². The number of halogens is 2. The van der Waals surface area contributed by atoms with Gasteiger partial charge in [-0.2, -0.15) is 0 Å². The standard InChI is InChI=1S/C14H12ClFN2O/c1-9(10-2-5-12(16)6-3-10)18-14(19)11-4-7-13(15)17-8-11/h2-9H,1H3,(H,18,19). The maximum absolute atomic E-state index is 12.8. The second-order valence-corrected chi connectivity index (χ2v) is 4.50. The largest absolute Gasteiger partial charge is 0.345 e. The van der Waals surface area contributed by atoms with Crippen LogP contribution in [0.25, 0.3) is 0 Å². The molecule has 19 heavy (non-hydrogen) atoms. The molecule has 0 bridgehead atoms. The van der Waals surface area contributed by atoms with Crippen LogP contribution < -0.4 is 5.32 Å². The number of hydrogen-bond acceptors (Lipinski definition) is 2. The van der Waals surface area contributed by atoms with Gasteiger partial charge in [0.25, 0.3) is 5.91 Å². The average molecular weight is 279 g/mol. The third kappa shape index (κ3) is 3.51. The molecule has 0 saturated carbocycles. The monoisotopic (exact) mass is 278 g/mol. The smallest absolute Gasteiger partial charge is 0.253 e. The lowest BCUT2D eigenvalue weighted by atomic mass is 10.1. The van der Waals surface area contributed by atoms with Gasteiger partial charge in [-0.25, -0.2) is 9.37 Å². The molecule has 1 N–H and O–H groups in total. The molecular formula is C14H12ClFN2O. The number of hydrogen-bond donors (Lipinski definition) is 1. The molecule has 1 unspecified atom stereocenters. The molecule has 0 spiro atoms. The Balaban J connectivity index is 2.06. The Bertz CT molecular complexity index is 569. The van der Waals surface area contributed by atoms with Crippen LogP contribution in [-0.2, 0) is 0 Å². The minimum absolute atomic E-state index is 0.219. The number of carbonyl (C=O) groups is 1. The number of amides is 1. The minimum Gasteiger partial charge on any atom is -0.345 e. The third-order valence-corrected chi connectivity index (χ3v) is 2.93. The van der Waals surface area contributed by atoms with Gasteiger partial charge in [-0.3, -0.25) is 4.79 Å². The van der Waals surface area contributed by atoms with Crippen LogP contribution in [-0.4, -0.2) is 10.9 Å². The Hall–Kier alpha value is -1.94. The maximum atomic E-state index is 12.8. The summed E-state index contributed by atoms with van der Waals surface area (Å²) in [7, 11) is 0. The molecule has 0 aliphatic carbocycles. The number of benzene rings is 1. The van der Waals surface area contributed by atoms with E-state index in [4.69, 9.17) is 11.6 Å². The molecule has 3 nitrogen and oxygen atoms in total. The van der Waals surface area contributed by atoms with Crippen LogP contribution in [0.4, 0.5) is 4.39 Å². The summed E-state index contributed by atoms with van der Waals surface area (Å²) in [5.74, 6) is -0.551. The highest BCUT2D eigenvalue weighted by molar-refractivity contribution is 6.29. The molecule has 0 aliphatic heterocycles. The van der Waals surface area contributed by atoms with E-state index < -0.39 is 0 Å². The fraction of sp³-hybridized carbons (Fsp3) is 0.143. The molecule has 1 aromatic carbocycles. The predicted octanol–water partition coefficient (Wildman–Crippen LogP) is 3.37. The van der Waals surface area contributed by atoms with E-state index in [0.717, 1.165) is 5.56 Å². The molecule has 1 atom stereocenters. The molecule has 0 saturated heterocycles. The van der Waals surface area contributed by atoms with Crippen molar-refractivity contribution in [2.45, 2.75) is 13.0 Å². The fourth-order valence-electron chi connectivity index (χ4n) is 1.62. The van der Waals surface area contributed by atoms with Crippen molar-refractivity contribution in [2.24, 2.45) is 0 Å². The number of rotatable bonds is 3. The maximum Gasteiger partial charge on any atom is 0.253 e. The molecule has 0 radical (unpaired) electrons. The van der Waals surface area contributed by atoms with Crippen molar-refractivity contribution in [1.29, 1.82) is 0 Å². The van der Waals surface area contributed by atoms with E-state index in [2.05, 4.69) is 10.3 Å². The molecule has 1 heterocycles. The minimum atomic E-state index is -0.302. The number of aromatic nitrogens is 1. The molecular weight excluding hydrogens is 267 g/mol. The van der Waals surface area contributed by atoms with Crippen LogP contribution in [0.3, 0.4) is 0 Å². The summed E-state index contributed by atoms with van der Waals surface area (Å²) in [6, 6.07) is 8.94. The lowest BCUT2D eigenvalue weighted by molar-refractivity contribution is 0.0939. The highest BCUT2D eigenvalue weighted by Crippen LogP contribution is 2.14. The van der Waals surface area contributed by atoms with Crippen molar-refractivity contribution < 1.29 is 9.18 Å². The summed E-state index contributed by atoms with van der Waals surface area (Å²) in [6.45, 7) is 1.83. The summed E-state index contributed by atoms with van der Waals surface area (Å²) in [5.41, 5.74) is 1.26. The first-order valence-corrected chi connectivity index (χ1v) is 6.12. The van der Waals surface area contributed by atoms with Gasteiger partial charge in [0.05, 0.1) is 11.6 Å². The van der Waals surface area contributed by atoms with E-state index in [1.165, 1.54) is 18.3 Å². The van der Waals surface area contributed by atoms with Gasteiger partial charge in [0.2, 0.25) is 0 Å². The van der Waals surface area contributed by atoms with E-state index in [0.29, 0.717) is 10.7 Å².